The van der Waals surface area contributed by atoms with Crippen LogP contribution in [0.4, 0.5) is 0 Å². The van der Waals surface area contributed by atoms with Crippen LogP contribution in [-0.2, 0) is 114 Å². The zero-order chi connectivity index (χ0) is 61.6. The lowest BCUT2D eigenvalue weighted by atomic mass is 9.44. The predicted molar refractivity (Wildman–Crippen MR) is 286 cm³/mol. The molecule has 4 aliphatic carbocycles. The van der Waals surface area contributed by atoms with Gasteiger partial charge in [0.05, 0.1) is 32.0 Å². The van der Waals surface area contributed by atoms with Crippen molar-refractivity contribution in [2.24, 2.45) is 52.3 Å². The van der Waals surface area contributed by atoms with Gasteiger partial charge in [0.25, 0.3) is 0 Å². The SMILES string of the molecule is CC(=O)OC[C@H]1O[C@@H](O[C@H]2[C@H](OC(C)=O)[C@@H](O)[C@H](O[C@H]3CC[C@@]4(C)[C@H](CC[C@@H]5[C@@H]4CC[C@]4(C)[C@@H]6[C@H](C[C@@H]54)O[C@]4(CC[C@H](C)CO4)[C@H]6C)C3)O[C@@H]2CO[C@@H]2OC[C@H](OC(C)=O)[C@H](OC(C)=O)[C@H]2OC(C)=O)[C@H](OC(C)=O)[C@@H](OC(C)=O)[C@@H]1OC(C)=O. The number of aliphatic hydroxyl groups excluding tert-OH is 1. The first-order valence-electron chi connectivity index (χ1n) is 30.3. The zero-order valence-electron chi connectivity index (χ0n) is 50.9. The van der Waals surface area contributed by atoms with Gasteiger partial charge in [-0.25, -0.2) is 0 Å². The highest BCUT2D eigenvalue weighted by Gasteiger charge is 2.69. The van der Waals surface area contributed by atoms with Crippen LogP contribution in [0.2, 0.25) is 0 Å². The molecule has 5 heterocycles. The molecule has 9 aliphatic rings. The molecule has 1 spiro atoms. The van der Waals surface area contributed by atoms with E-state index < -0.39 is 165 Å². The fourth-order valence-corrected chi connectivity index (χ4v) is 16.7. The van der Waals surface area contributed by atoms with Crippen LogP contribution in [0.1, 0.15) is 147 Å². The van der Waals surface area contributed by atoms with Crippen molar-refractivity contribution in [2.75, 3.05) is 26.4 Å². The highest BCUT2D eigenvalue weighted by molar-refractivity contribution is 5.70. The molecule has 0 unspecified atom stereocenters. The largest absolute Gasteiger partial charge is 0.463 e. The zero-order valence-corrected chi connectivity index (χ0v) is 50.9. The number of carbonyl (C=O) groups excluding carboxylic acids is 8. The van der Waals surface area contributed by atoms with E-state index in [0.717, 1.165) is 113 Å². The van der Waals surface area contributed by atoms with E-state index in [1.165, 1.54) is 0 Å². The van der Waals surface area contributed by atoms with Gasteiger partial charge in [-0.2, -0.15) is 0 Å². The second-order valence-corrected chi connectivity index (χ2v) is 25.8. The summed E-state index contributed by atoms with van der Waals surface area (Å²) in [6.07, 6.45) is -13.3. The van der Waals surface area contributed by atoms with Gasteiger partial charge < -0.3 is 80.9 Å². The van der Waals surface area contributed by atoms with Crippen molar-refractivity contribution in [3.05, 3.63) is 0 Å². The van der Waals surface area contributed by atoms with E-state index in [1.54, 1.807) is 0 Å². The monoisotopic (exact) mass is 1210 g/mol. The summed E-state index contributed by atoms with van der Waals surface area (Å²) in [6, 6.07) is 0. The Kier molecular flexibility index (Phi) is 20.0. The number of ether oxygens (including phenoxy) is 16. The van der Waals surface area contributed by atoms with Crippen molar-refractivity contribution in [3.63, 3.8) is 0 Å². The number of aliphatic hydroxyl groups is 1. The van der Waals surface area contributed by atoms with E-state index >= 15 is 0 Å². The second kappa shape index (κ2) is 26.2. The normalized spacial score (nSPS) is 44.6. The topological polar surface area (TPSA) is 304 Å². The average Bonchev–Trinajstić information content (AvgIpc) is 1.70. The third-order valence-electron chi connectivity index (χ3n) is 20.1. The van der Waals surface area contributed by atoms with Gasteiger partial charge in [-0.15, -0.1) is 0 Å². The van der Waals surface area contributed by atoms with Gasteiger partial charge >= 0.3 is 47.8 Å². The fourth-order valence-electron chi connectivity index (χ4n) is 16.7. The molecule has 0 bridgehead atoms. The lowest BCUT2D eigenvalue weighted by Gasteiger charge is -2.61. The molecule has 5 aliphatic heterocycles. The summed E-state index contributed by atoms with van der Waals surface area (Å²) in [4.78, 5) is 101. The number of hydrogen-bond acceptors (Lipinski definition) is 25. The van der Waals surface area contributed by atoms with Crippen molar-refractivity contribution in [1.29, 1.82) is 0 Å². The summed E-state index contributed by atoms with van der Waals surface area (Å²) in [6.45, 7) is 17.3. The number of carbonyl (C=O) groups is 8. The summed E-state index contributed by atoms with van der Waals surface area (Å²) in [5, 5.41) is 12.5. The van der Waals surface area contributed by atoms with Gasteiger partial charge in [-0.05, 0) is 104 Å². The highest BCUT2D eigenvalue weighted by atomic mass is 16.8. The van der Waals surface area contributed by atoms with E-state index in [9.17, 15) is 43.5 Å². The molecule has 0 radical (unpaired) electrons. The fraction of sp³-hybridized carbons (Fsp3) is 0.867. The third kappa shape index (κ3) is 13.7. The Morgan fingerprint density at radius 2 is 1.09 bits per heavy atom. The second-order valence-electron chi connectivity index (χ2n) is 25.8. The number of fused-ring (bicyclic) bond motifs is 7. The predicted octanol–water partition coefficient (Wildman–Crippen LogP) is 4.47. The summed E-state index contributed by atoms with van der Waals surface area (Å²) >= 11 is 0. The molecular formula is C60H88O25. The van der Waals surface area contributed by atoms with Crippen molar-refractivity contribution in [2.45, 2.75) is 251 Å². The molecule has 25 heteroatoms. The van der Waals surface area contributed by atoms with Crippen LogP contribution in [0, 0.1) is 52.3 Å². The Morgan fingerprint density at radius 3 is 1.72 bits per heavy atom. The lowest BCUT2D eigenvalue weighted by molar-refractivity contribution is -0.370. The molecule has 478 valence electrons. The van der Waals surface area contributed by atoms with Crippen LogP contribution < -0.4 is 0 Å². The first kappa shape index (κ1) is 64.9. The molecule has 4 saturated carbocycles. The molecule has 0 aromatic rings. The molecule has 9 fully saturated rings. The smallest absolute Gasteiger partial charge is 0.303 e. The van der Waals surface area contributed by atoms with Crippen LogP contribution in [0.3, 0.4) is 0 Å². The Labute approximate surface area is 495 Å². The summed E-state index contributed by atoms with van der Waals surface area (Å²) in [5.74, 6) is -4.19. The van der Waals surface area contributed by atoms with E-state index in [2.05, 4.69) is 27.7 Å². The third-order valence-corrected chi connectivity index (χ3v) is 20.1. The van der Waals surface area contributed by atoms with E-state index in [4.69, 9.17) is 75.8 Å². The van der Waals surface area contributed by atoms with Gasteiger partial charge in [0.15, 0.2) is 67.4 Å². The Hall–Kier alpha value is -4.60. The highest BCUT2D eigenvalue weighted by Crippen LogP contribution is 2.71. The quantitative estimate of drug-likeness (QED) is 0.127. The van der Waals surface area contributed by atoms with Crippen LogP contribution in [0.5, 0.6) is 0 Å². The molecular weight excluding hydrogens is 1120 g/mol. The van der Waals surface area contributed by atoms with Crippen molar-refractivity contribution < 1.29 is 119 Å². The number of esters is 8. The van der Waals surface area contributed by atoms with Crippen LogP contribution in [0.15, 0.2) is 0 Å². The Morgan fingerprint density at radius 1 is 0.518 bits per heavy atom. The Bertz CT molecular complexity index is 2460. The van der Waals surface area contributed by atoms with Gasteiger partial charge in [-0.3, -0.25) is 38.4 Å². The molecule has 26 atom stereocenters. The first-order chi connectivity index (χ1) is 40.1. The molecule has 0 aromatic heterocycles. The average molecular weight is 1210 g/mol. The number of hydrogen-bond donors (Lipinski definition) is 1. The molecule has 25 nitrogen and oxygen atoms in total. The standard InChI is InChI=1S/C60H88O25/c1-27-15-20-60(73-23-27)28(2)46-42(85-60)22-41-39-14-13-37-21-38(16-18-58(37,11)40(39)17-19-59(41,46)12)81-55-47(69)51(77-33(7)65)48(45(82-55)26-72-56-53(79-35(9)67)50(76-32(6)64)43(25-71-56)74-30(4)62)84-57-54(80-36(10)68)52(78-34(8)66)49(75-31(5)63)44(83-57)24-70-29(3)61/h27-28,37-57,69H,13-26H2,1-12H3/t27-,28-,37+,38-,39+,40-,41-,42-,43-,44+,45+,46-,47+,48+,49+,50-,51+,52-,53+,54+,55+,56-,57-,58-,59-,60+/m0/s1. The summed E-state index contributed by atoms with van der Waals surface area (Å²) in [7, 11) is 0. The maximum absolute atomic E-state index is 13.2. The first-order valence-corrected chi connectivity index (χ1v) is 30.3. The van der Waals surface area contributed by atoms with Gasteiger partial charge in [0, 0.05) is 67.7 Å². The van der Waals surface area contributed by atoms with Crippen molar-refractivity contribution >= 4 is 47.8 Å². The number of rotatable bonds is 16. The van der Waals surface area contributed by atoms with E-state index in [-0.39, 0.29) is 22.9 Å². The minimum atomic E-state index is -1.88. The summed E-state index contributed by atoms with van der Waals surface area (Å²) in [5.41, 5.74) is 0.146. The Balaban J connectivity index is 0.990. The minimum absolute atomic E-state index is 0.000872. The lowest BCUT2D eigenvalue weighted by Crippen LogP contribution is -2.67. The molecule has 85 heavy (non-hydrogen) atoms. The summed E-state index contributed by atoms with van der Waals surface area (Å²) < 4.78 is 97.1. The molecule has 0 aromatic carbocycles. The minimum Gasteiger partial charge on any atom is -0.463 e. The van der Waals surface area contributed by atoms with Crippen LogP contribution >= 0.6 is 0 Å². The van der Waals surface area contributed by atoms with Crippen LogP contribution in [0.25, 0.3) is 0 Å². The van der Waals surface area contributed by atoms with E-state index in [1.807, 2.05) is 0 Å². The molecule has 1 N–H and O–H groups in total. The van der Waals surface area contributed by atoms with Gasteiger partial charge in [0.1, 0.15) is 31.0 Å². The maximum Gasteiger partial charge on any atom is 0.303 e. The molecule has 9 rings (SSSR count). The van der Waals surface area contributed by atoms with Crippen molar-refractivity contribution in [3.8, 4) is 0 Å². The van der Waals surface area contributed by atoms with Crippen LogP contribution in [-0.4, -0.2) is 183 Å². The van der Waals surface area contributed by atoms with Crippen molar-refractivity contribution in [1.82, 2.24) is 0 Å². The maximum atomic E-state index is 13.2. The van der Waals surface area contributed by atoms with Gasteiger partial charge in [-0.1, -0.05) is 27.7 Å². The molecule has 0 amide bonds. The molecule has 5 saturated heterocycles. The van der Waals surface area contributed by atoms with Gasteiger partial charge in [0.2, 0.25) is 0 Å². The van der Waals surface area contributed by atoms with E-state index in [0.29, 0.717) is 48.3 Å².